The van der Waals surface area contributed by atoms with E-state index in [9.17, 15) is 9.90 Å². The zero-order chi connectivity index (χ0) is 14.5. The van der Waals surface area contributed by atoms with E-state index in [1.54, 1.807) is 48.2 Å². The van der Waals surface area contributed by atoms with E-state index in [-0.39, 0.29) is 30.5 Å². The molecule has 0 saturated carbocycles. The number of Topliss-reactive ketones (excluding diaryl/α,β-unsaturated/α-hetero) is 1. The van der Waals surface area contributed by atoms with Crippen LogP contribution in [0.4, 0.5) is 0 Å². The van der Waals surface area contributed by atoms with Crippen LogP contribution in [0.5, 0.6) is 17.2 Å². The maximum atomic E-state index is 12.2. The number of ether oxygens (including phenoxy) is 2. The zero-order valence-electron chi connectivity index (χ0n) is 11.7. The van der Waals surface area contributed by atoms with Crippen molar-refractivity contribution < 1.29 is 36.3 Å². The lowest BCUT2D eigenvalue weighted by Crippen LogP contribution is -3.00. The highest BCUT2D eigenvalue weighted by Gasteiger charge is 2.15. The van der Waals surface area contributed by atoms with Crippen LogP contribution in [0.1, 0.15) is 10.4 Å². The third-order valence-corrected chi connectivity index (χ3v) is 2.87. The molecule has 6 heteroatoms. The summed E-state index contributed by atoms with van der Waals surface area (Å²) in [6.45, 7) is 0.143. The highest BCUT2D eigenvalue weighted by atomic mass is 35.5. The van der Waals surface area contributed by atoms with Gasteiger partial charge in [0.25, 0.3) is 0 Å². The molecule has 0 spiro atoms. The van der Waals surface area contributed by atoms with Crippen LogP contribution in [-0.4, -0.2) is 25.1 Å². The van der Waals surface area contributed by atoms with Gasteiger partial charge in [-0.25, -0.2) is 0 Å². The number of halogens is 1. The summed E-state index contributed by atoms with van der Waals surface area (Å²) in [4.78, 5) is 12.2. The van der Waals surface area contributed by atoms with Crippen molar-refractivity contribution in [2.75, 3.05) is 14.2 Å². The average molecular weight is 310 g/mol. The number of pyridine rings is 1. The minimum Gasteiger partial charge on any atom is -1.00 e. The molecule has 0 aliphatic carbocycles. The van der Waals surface area contributed by atoms with Gasteiger partial charge >= 0.3 is 0 Å². The van der Waals surface area contributed by atoms with Gasteiger partial charge in [0.05, 0.1) is 14.2 Å². The first kappa shape index (κ1) is 16.8. The van der Waals surface area contributed by atoms with Crippen molar-refractivity contribution in [2.24, 2.45) is 0 Å². The number of aromatic nitrogens is 1. The number of aromatic hydroxyl groups is 1. The smallest absolute Gasteiger partial charge is 0.227 e. The van der Waals surface area contributed by atoms with Gasteiger partial charge in [0, 0.05) is 11.6 Å². The predicted octanol–water partition coefficient (Wildman–Crippen LogP) is -1.42. The maximum Gasteiger partial charge on any atom is 0.227 e. The summed E-state index contributed by atoms with van der Waals surface area (Å²) in [5.41, 5.74) is 0.526. The molecule has 0 fully saturated rings. The quantitative estimate of drug-likeness (QED) is 0.544. The first-order valence-corrected chi connectivity index (χ1v) is 6.07. The van der Waals surface area contributed by atoms with Gasteiger partial charge in [-0.3, -0.25) is 4.79 Å². The third kappa shape index (κ3) is 4.10. The van der Waals surface area contributed by atoms with E-state index in [1.165, 1.54) is 13.3 Å². The Balaban J connectivity index is 0.00000220. The Bertz CT molecular complexity index is 631. The molecule has 0 saturated heterocycles. The van der Waals surface area contributed by atoms with E-state index < -0.39 is 0 Å². The Morgan fingerprint density at radius 1 is 1.19 bits per heavy atom. The van der Waals surface area contributed by atoms with E-state index in [0.717, 1.165) is 0 Å². The van der Waals surface area contributed by atoms with Crippen LogP contribution in [0, 0.1) is 0 Å². The van der Waals surface area contributed by atoms with Crippen molar-refractivity contribution in [1.29, 1.82) is 0 Å². The largest absolute Gasteiger partial charge is 1.00 e. The van der Waals surface area contributed by atoms with Crippen LogP contribution in [0.25, 0.3) is 0 Å². The lowest BCUT2D eigenvalue weighted by Gasteiger charge is -2.08. The Morgan fingerprint density at radius 2 is 1.90 bits per heavy atom. The van der Waals surface area contributed by atoms with Crippen molar-refractivity contribution in [2.45, 2.75) is 6.54 Å². The molecule has 0 atom stereocenters. The molecule has 0 bridgehead atoms. The number of hydrogen-bond acceptors (Lipinski definition) is 4. The fourth-order valence-electron chi connectivity index (χ4n) is 1.87. The molecular weight excluding hydrogens is 294 g/mol. The van der Waals surface area contributed by atoms with Gasteiger partial charge in [-0.2, -0.15) is 4.57 Å². The van der Waals surface area contributed by atoms with Crippen LogP contribution in [0.2, 0.25) is 0 Å². The summed E-state index contributed by atoms with van der Waals surface area (Å²) >= 11 is 0. The summed E-state index contributed by atoms with van der Waals surface area (Å²) in [5, 5.41) is 9.38. The summed E-state index contributed by atoms with van der Waals surface area (Å²) in [6.07, 6.45) is 3.22. The van der Waals surface area contributed by atoms with Gasteiger partial charge in [-0.15, -0.1) is 0 Å². The summed E-state index contributed by atoms with van der Waals surface area (Å²) in [5.74, 6) is 1.13. The number of hydrogen-bond donors (Lipinski definition) is 1. The van der Waals surface area contributed by atoms with Gasteiger partial charge in [0.1, 0.15) is 0 Å². The van der Waals surface area contributed by atoms with E-state index in [1.807, 2.05) is 0 Å². The standard InChI is InChI=1S/C15H15NO4.ClH/c1-19-14-6-5-11(8-15(14)20-2)13(18)10-16-7-3-4-12(17)9-16;/h3-9H,10H2,1-2H3;1H. The number of benzene rings is 1. The van der Waals surface area contributed by atoms with E-state index >= 15 is 0 Å². The minimum absolute atomic E-state index is 0. The van der Waals surface area contributed by atoms with Crippen LogP contribution in [0.15, 0.2) is 42.7 Å². The molecule has 0 unspecified atom stereocenters. The molecule has 0 radical (unpaired) electrons. The second-order valence-electron chi connectivity index (χ2n) is 4.23. The highest BCUT2D eigenvalue weighted by molar-refractivity contribution is 5.95. The number of methoxy groups -OCH3 is 2. The first-order chi connectivity index (χ1) is 9.63. The molecular formula is C15H16ClNO4. The Labute approximate surface area is 129 Å². The van der Waals surface area contributed by atoms with Crippen LogP contribution >= 0.6 is 0 Å². The van der Waals surface area contributed by atoms with Crippen molar-refractivity contribution in [3.8, 4) is 17.2 Å². The fourth-order valence-corrected chi connectivity index (χ4v) is 1.87. The third-order valence-electron chi connectivity index (χ3n) is 2.87. The number of ketones is 1. The summed E-state index contributed by atoms with van der Waals surface area (Å²) < 4.78 is 11.9. The molecule has 0 aliphatic rings. The van der Waals surface area contributed by atoms with E-state index in [2.05, 4.69) is 0 Å². The van der Waals surface area contributed by atoms with Crippen molar-refractivity contribution >= 4 is 5.78 Å². The predicted molar refractivity (Wildman–Crippen MR) is 72.2 cm³/mol. The molecule has 1 aromatic heterocycles. The molecule has 2 rings (SSSR count). The SMILES string of the molecule is COc1ccc(C(=O)C[n+]2cccc(O)c2)cc1OC.[Cl-]. The summed E-state index contributed by atoms with van der Waals surface area (Å²) in [6, 6.07) is 8.26. The second kappa shape index (κ2) is 7.50. The number of carbonyl (C=O) groups is 1. The van der Waals surface area contributed by atoms with Crippen LogP contribution < -0.4 is 26.4 Å². The number of nitrogens with zero attached hydrogens (tertiary/aromatic N) is 1. The number of carbonyl (C=O) groups excluding carboxylic acids is 1. The van der Waals surface area contributed by atoms with Crippen molar-refractivity contribution in [1.82, 2.24) is 0 Å². The molecule has 0 amide bonds. The maximum absolute atomic E-state index is 12.2. The number of rotatable bonds is 5. The topological polar surface area (TPSA) is 59.6 Å². The molecule has 2 aromatic rings. The molecule has 1 aromatic carbocycles. The van der Waals surface area contributed by atoms with E-state index in [4.69, 9.17) is 9.47 Å². The van der Waals surface area contributed by atoms with Gasteiger partial charge in [-0.05, 0) is 24.3 Å². The van der Waals surface area contributed by atoms with Crippen molar-refractivity contribution in [3.05, 3.63) is 48.3 Å². The fraction of sp³-hybridized carbons (Fsp3) is 0.200. The Hall–Kier alpha value is -2.27. The normalized spacial score (nSPS) is 9.62. The molecule has 0 aliphatic heterocycles. The minimum atomic E-state index is -0.0819. The van der Waals surface area contributed by atoms with Gasteiger partial charge in [0.15, 0.2) is 23.4 Å². The second-order valence-corrected chi connectivity index (χ2v) is 4.23. The monoisotopic (exact) mass is 309 g/mol. The zero-order valence-corrected chi connectivity index (χ0v) is 12.5. The molecule has 1 heterocycles. The molecule has 1 N–H and O–H groups in total. The van der Waals surface area contributed by atoms with Gasteiger partial charge in [0.2, 0.25) is 18.5 Å². The molecule has 21 heavy (non-hydrogen) atoms. The molecule has 5 nitrogen and oxygen atoms in total. The average Bonchev–Trinajstić information content (AvgIpc) is 2.46. The van der Waals surface area contributed by atoms with Crippen LogP contribution in [0.3, 0.4) is 0 Å². The Morgan fingerprint density at radius 3 is 2.52 bits per heavy atom. The van der Waals surface area contributed by atoms with Gasteiger partial charge < -0.3 is 27.0 Å². The molecule has 112 valence electrons. The van der Waals surface area contributed by atoms with Crippen LogP contribution in [-0.2, 0) is 6.54 Å². The Kier molecular flexibility index (Phi) is 5.99. The first-order valence-electron chi connectivity index (χ1n) is 6.07. The lowest BCUT2D eigenvalue weighted by molar-refractivity contribution is -0.683. The lowest BCUT2D eigenvalue weighted by atomic mass is 10.1. The highest BCUT2D eigenvalue weighted by Crippen LogP contribution is 2.27. The van der Waals surface area contributed by atoms with E-state index in [0.29, 0.717) is 17.1 Å². The van der Waals surface area contributed by atoms with Gasteiger partial charge in [-0.1, -0.05) is 0 Å². The van der Waals surface area contributed by atoms with Crippen molar-refractivity contribution in [3.63, 3.8) is 0 Å². The summed E-state index contributed by atoms with van der Waals surface area (Å²) in [7, 11) is 3.07.